The van der Waals surface area contributed by atoms with E-state index in [0.717, 1.165) is 18.4 Å². The van der Waals surface area contributed by atoms with E-state index < -0.39 is 21.5 Å². The summed E-state index contributed by atoms with van der Waals surface area (Å²) in [6.45, 7) is 5.25. The minimum absolute atomic E-state index is 0.174. The molecule has 1 rings (SSSR count). The average Bonchev–Trinajstić information content (AvgIpc) is 2.15. The lowest BCUT2D eigenvalue weighted by molar-refractivity contribution is 0.556. The molecule has 0 bridgehead atoms. The van der Waals surface area contributed by atoms with Crippen molar-refractivity contribution < 1.29 is 17.2 Å². The van der Waals surface area contributed by atoms with E-state index in [4.69, 9.17) is 0 Å². The van der Waals surface area contributed by atoms with Crippen LogP contribution in [-0.4, -0.2) is 14.7 Å². The maximum atomic E-state index is 12.9. The minimum Gasteiger partial charge on any atom is -0.224 e. The van der Waals surface area contributed by atoms with Gasteiger partial charge in [0.2, 0.25) is 0 Å². The van der Waals surface area contributed by atoms with E-state index in [1.165, 1.54) is 6.92 Å². The summed E-state index contributed by atoms with van der Waals surface area (Å²) in [4.78, 5) is -0.340. The first-order chi connectivity index (χ1) is 6.82. The molecule has 0 atom stereocenters. The fourth-order valence-electron chi connectivity index (χ4n) is 0.836. The van der Waals surface area contributed by atoms with Crippen molar-refractivity contribution in [1.82, 2.24) is 0 Å². The molecule has 0 saturated heterocycles. The molecule has 0 heterocycles. The van der Waals surface area contributed by atoms with E-state index in [1.54, 1.807) is 0 Å². The molecule has 0 aliphatic heterocycles. The summed E-state index contributed by atoms with van der Waals surface area (Å²) >= 11 is 0. The van der Waals surface area contributed by atoms with E-state index in [1.807, 2.05) is 13.8 Å². The van der Waals surface area contributed by atoms with Crippen molar-refractivity contribution in [1.29, 1.82) is 0 Å². The van der Waals surface area contributed by atoms with Crippen LogP contribution in [-0.2, 0) is 9.84 Å². The number of sulfone groups is 1. The molecule has 0 amide bonds. The molecule has 0 N–H and O–H groups in total. The third kappa shape index (κ3) is 3.58. The second-order valence-electron chi connectivity index (χ2n) is 2.78. The molecule has 0 unspecified atom stereocenters. The fraction of sp³-hybridized carbons (Fsp3) is 0.400. The Morgan fingerprint density at radius 2 is 1.40 bits per heavy atom. The van der Waals surface area contributed by atoms with Crippen molar-refractivity contribution in [2.24, 2.45) is 0 Å². The molecule has 2 nitrogen and oxygen atoms in total. The van der Waals surface area contributed by atoms with Gasteiger partial charge >= 0.3 is 0 Å². The summed E-state index contributed by atoms with van der Waals surface area (Å²) < 4.78 is 47.6. The summed E-state index contributed by atoms with van der Waals surface area (Å²) in [5.74, 6) is -1.69. The molecule has 0 aliphatic rings. The molecule has 15 heavy (non-hydrogen) atoms. The van der Waals surface area contributed by atoms with Crippen molar-refractivity contribution in [3.63, 3.8) is 0 Å². The molecule has 1 aromatic rings. The van der Waals surface area contributed by atoms with Crippen LogP contribution in [0.15, 0.2) is 17.0 Å². The first kappa shape index (κ1) is 14.0. The first-order valence-electron chi connectivity index (χ1n) is 4.48. The van der Waals surface area contributed by atoms with Gasteiger partial charge < -0.3 is 0 Å². The van der Waals surface area contributed by atoms with E-state index in [9.17, 15) is 17.2 Å². The highest BCUT2D eigenvalue weighted by atomic mass is 32.2. The molecular formula is C10H14F2O2S. The maximum Gasteiger partial charge on any atom is 0.175 e. The third-order valence-corrected chi connectivity index (χ3v) is 2.77. The monoisotopic (exact) mass is 236 g/mol. The largest absolute Gasteiger partial charge is 0.224 e. The molecule has 0 spiro atoms. The lowest BCUT2D eigenvalue weighted by atomic mass is 10.2. The smallest absolute Gasteiger partial charge is 0.175 e. The zero-order valence-electron chi connectivity index (χ0n) is 9.14. The number of benzene rings is 1. The zero-order chi connectivity index (χ0) is 12.2. The normalized spacial score (nSPS) is 10.5. The van der Waals surface area contributed by atoms with Crippen LogP contribution in [0.2, 0.25) is 0 Å². The van der Waals surface area contributed by atoms with Gasteiger partial charge in [0.25, 0.3) is 0 Å². The summed E-state index contributed by atoms with van der Waals surface area (Å²) in [7, 11) is -3.54. The SMILES string of the molecule is CC.Cc1c(F)cc(S(C)(=O)=O)cc1F. The summed E-state index contributed by atoms with van der Waals surface area (Å²) in [5, 5.41) is 0. The highest BCUT2D eigenvalue weighted by molar-refractivity contribution is 7.90. The molecule has 0 aliphatic carbocycles. The lowest BCUT2D eigenvalue weighted by Crippen LogP contribution is -2.00. The summed E-state index contributed by atoms with van der Waals surface area (Å²) in [6, 6.07) is 1.63. The highest BCUT2D eigenvalue weighted by Gasteiger charge is 2.13. The predicted molar refractivity (Wildman–Crippen MR) is 55.6 cm³/mol. The van der Waals surface area contributed by atoms with Gasteiger partial charge in [0.15, 0.2) is 9.84 Å². The second-order valence-corrected chi connectivity index (χ2v) is 4.80. The molecule has 0 fully saturated rings. The molecule has 86 valence electrons. The first-order valence-corrected chi connectivity index (χ1v) is 6.37. The van der Waals surface area contributed by atoms with Crippen LogP contribution in [0.3, 0.4) is 0 Å². The topological polar surface area (TPSA) is 34.1 Å². The number of hydrogen-bond acceptors (Lipinski definition) is 2. The van der Waals surface area contributed by atoms with Crippen LogP contribution in [0.5, 0.6) is 0 Å². The van der Waals surface area contributed by atoms with Crippen LogP contribution < -0.4 is 0 Å². The molecule has 1 aromatic carbocycles. The molecule has 0 saturated carbocycles. The van der Waals surface area contributed by atoms with Crippen LogP contribution in [0.4, 0.5) is 8.78 Å². The Kier molecular flexibility index (Phi) is 4.87. The van der Waals surface area contributed by atoms with Gasteiger partial charge in [-0.1, -0.05) is 13.8 Å². The Morgan fingerprint density at radius 3 is 1.67 bits per heavy atom. The highest BCUT2D eigenvalue weighted by Crippen LogP contribution is 2.17. The quantitative estimate of drug-likeness (QED) is 0.751. The van der Waals surface area contributed by atoms with Crippen LogP contribution >= 0.6 is 0 Å². The van der Waals surface area contributed by atoms with Gasteiger partial charge in [0.05, 0.1) is 4.90 Å². The zero-order valence-corrected chi connectivity index (χ0v) is 9.95. The van der Waals surface area contributed by atoms with Gasteiger partial charge in [-0.3, -0.25) is 0 Å². The van der Waals surface area contributed by atoms with Gasteiger partial charge in [-0.2, -0.15) is 0 Å². The van der Waals surface area contributed by atoms with Gasteiger partial charge in [-0.05, 0) is 19.1 Å². The molecular weight excluding hydrogens is 222 g/mol. The standard InChI is InChI=1S/C8H8F2O2S.C2H6/c1-5-7(9)3-6(4-8(5)10)13(2,11)12;1-2/h3-4H,1-2H3;1-2H3. The summed E-state index contributed by atoms with van der Waals surface area (Å²) in [5.41, 5.74) is -0.174. The fourth-order valence-corrected chi connectivity index (χ4v) is 1.47. The molecule has 0 radical (unpaired) electrons. The van der Waals surface area contributed by atoms with Crippen molar-refractivity contribution in [2.45, 2.75) is 25.7 Å². The van der Waals surface area contributed by atoms with Gasteiger partial charge in [0, 0.05) is 11.8 Å². The predicted octanol–water partition coefficient (Wildman–Crippen LogP) is 2.70. The molecule has 0 aromatic heterocycles. The Balaban J connectivity index is 0.000000921. The van der Waals surface area contributed by atoms with Crippen molar-refractivity contribution in [3.8, 4) is 0 Å². The van der Waals surface area contributed by atoms with Crippen molar-refractivity contribution >= 4 is 9.84 Å². The minimum atomic E-state index is -3.54. The Hall–Kier alpha value is -0.970. The van der Waals surface area contributed by atoms with Gasteiger partial charge in [-0.15, -0.1) is 0 Å². The van der Waals surface area contributed by atoms with Gasteiger partial charge in [0.1, 0.15) is 11.6 Å². The van der Waals surface area contributed by atoms with Crippen molar-refractivity contribution in [2.75, 3.05) is 6.26 Å². The number of halogens is 2. The maximum absolute atomic E-state index is 12.9. The third-order valence-electron chi connectivity index (χ3n) is 1.68. The lowest BCUT2D eigenvalue weighted by Gasteiger charge is -2.02. The summed E-state index contributed by atoms with van der Waals surface area (Å²) in [6.07, 6.45) is 0.899. The van der Waals surface area contributed by atoms with E-state index in [-0.39, 0.29) is 10.5 Å². The van der Waals surface area contributed by atoms with Crippen molar-refractivity contribution in [3.05, 3.63) is 29.3 Å². The van der Waals surface area contributed by atoms with Crippen LogP contribution in [0.25, 0.3) is 0 Å². The number of rotatable bonds is 1. The Bertz CT molecular complexity index is 416. The van der Waals surface area contributed by atoms with Crippen LogP contribution in [0, 0.1) is 18.6 Å². The number of hydrogen-bond donors (Lipinski definition) is 0. The average molecular weight is 236 g/mol. The Labute approximate surface area is 88.9 Å². The van der Waals surface area contributed by atoms with Crippen LogP contribution in [0.1, 0.15) is 19.4 Å². The van der Waals surface area contributed by atoms with E-state index >= 15 is 0 Å². The van der Waals surface area contributed by atoms with E-state index in [2.05, 4.69) is 0 Å². The second kappa shape index (κ2) is 5.21. The Morgan fingerprint density at radius 1 is 1.07 bits per heavy atom. The van der Waals surface area contributed by atoms with E-state index in [0.29, 0.717) is 0 Å². The molecule has 5 heteroatoms. The van der Waals surface area contributed by atoms with Gasteiger partial charge in [-0.25, -0.2) is 17.2 Å².